The van der Waals surface area contributed by atoms with E-state index in [0.29, 0.717) is 19.4 Å². The summed E-state index contributed by atoms with van der Waals surface area (Å²) in [4.78, 5) is 27.3. The Kier molecular flexibility index (Phi) is 5.73. The average molecular weight is 281 g/mol. The van der Waals surface area contributed by atoms with E-state index < -0.39 is 11.4 Å². The monoisotopic (exact) mass is 281 g/mol. The molecule has 0 saturated carbocycles. The molecular weight excluding hydrogens is 258 g/mol. The first-order valence-corrected chi connectivity index (χ1v) is 6.92. The molecule has 1 amide bonds. The molecule has 0 spiro atoms. The van der Waals surface area contributed by atoms with Gasteiger partial charge in [-0.3, -0.25) is 9.59 Å². The Labute approximate surface area is 119 Å². The third kappa shape index (κ3) is 4.08. The van der Waals surface area contributed by atoms with Gasteiger partial charge in [0.15, 0.2) is 0 Å². The number of amides is 1. The molecule has 1 atom stereocenters. The average Bonchev–Trinajstić information content (AvgIpc) is 2.88. The largest absolute Gasteiger partial charge is 0.481 e. The summed E-state index contributed by atoms with van der Waals surface area (Å²) in [7, 11) is 0. The van der Waals surface area contributed by atoms with E-state index in [1.807, 2.05) is 17.7 Å². The van der Waals surface area contributed by atoms with Crippen LogP contribution in [0.5, 0.6) is 0 Å². The van der Waals surface area contributed by atoms with E-state index in [1.54, 1.807) is 26.4 Å². The summed E-state index contributed by atoms with van der Waals surface area (Å²) in [6.45, 7) is 6.11. The highest BCUT2D eigenvalue weighted by Crippen LogP contribution is 2.30. The standard InChI is InChI=1S/C14H23N3O3/c1-4-14(5-2,13(19)20)8-12(18)16-11(3)9-17-7-6-15-10-17/h6-7,10-11H,4-5,8-9H2,1-3H3,(H,16,18)(H,19,20). The number of carboxylic acids is 1. The van der Waals surface area contributed by atoms with Crippen molar-refractivity contribution in [1.29, 1.82) is 0 Å². The fourth-order valence-corrected chi connectivity index (χ4v) is 2.27. The van der Waals surface area contributed by atoms with Crippen LogP contribution in [-0.4, -0.2) is 32.6 Å². The van der Waals surface area contributed by atoms with Crippen molar-refractivity contribution in [2.75, 3.05) is 0 Å². The van der Waals surface area contributed by atoms with Gasteiger partial charge in [-0.1, -0.05) is 13.8 Å². The maximum absolute atomic E-state index is 12.0. The van der Waals surface area contributed by atoms with Gasteiger partial charge in [0.1, 0.15) is 0 Å². The van der Waals surface area contributed by atoms with Crippen LogP contribution in [0.4, 0.5) is 0 Å². The lowest BCUT2D eigenvalue weighted by Crippen LogP contribution is -2.41. The van der Waals surface area contributed by atoms with Gasteiger partial charge in [0.25, 0.3) is 0 Å². The Balaban J connectivity index is 2.55. The molecule has 0 radical (unpaired) electrons. The second-order valence-electron chi connectivity index (χ2n) is 5.20. The van der Waals surface area contributed by atoms with Gasteiger partial charge in [-0.05, 0) is 19.8 Å². The Bertz CT molecular complexity index is 439. The van der Waals surface area contributed by atoms with Crippen LogP contribution in [0.3, 0.4) is 0 Å². The molecular formula is C14H23N3O3. The fourth-order valence-electron chi connectivity index (χ4n) is 2.27. The normalized spacial score (nSPS) is 12.9. The fraction of sp³-hybridized carbons (Fsp3) is 0.643. The number of carboxylic acid groups (broad SMARTS) is 1. The van der Waals surface area contributed by atoms with E-state index in [2.05, 4.69) is 10.3 Å². The van der Waals surface area contributed by atoms with Crippen molar-refractivity contribution < 1.29 is 14.7 Å². The molecule has 6 heteroatoms. The summed E-state index contributed by atoms with van der Waals surface area (Å²) in [5, 5.41) is 12.2. The third-order valence-corrected chi connectivity index (χ3v) is 3.76. The molecule has 112 valence electrons. The Morgan fingerprint density at radius 1 is 1.40 bits per heavy atom. The Morgan fingerprint density at radius 3 is 2.50 bits per heavy atom. The van der Waals surface area contributed by atoms with Crippen LogP contribution in [0.15, 0.2) is 18.7 Å². The lowest BCUT2D eigenvalue weighted by atomic mass is 9.79. The van der Waals surface area contributed by atoms with Crippen molar-refractivity contribution >= 4 is 11.9 Å². The maximum Gasteiger partial charge on any atom is 0.310 e. The van der Waals surface area contributed by atoms with Crippen LogP contribution in [0.1, 0.15) is 40.0 Å². The molecule has 1 unspecified atom stereocenters. The number of nitrogens with zero attached hydrogens (tertiary/aromatic N) is 2. The van der Waals surface area contributed by atoms with Gasteiger partial charge in [0.2, 0.25) is 5.91 Å². The van der Waals surface area contributed by atoms with Crippen LogP contribution in [0, 0.1) is 5.41 Å². The SMILES string of the molecule is CCC(CC)(CC(=O)NC(C)Cn1ccnc1)C(=O)O. The lowest BCUT2D eigenvalue weighted by Gasteiger charge is -2.26. The quantitative estimate of drug-likeness (QED) is 0.759. The lowest BCUT2D eigenvalue weighted by molar-refractivity contribution is -0.152. The molecule has 0 saturated heterocycles. The molecule has 0 aliphatic rings. The van der Waals surface area contributed by atoms with Gasteiger partial charge in [0.05, 0.1) is 11.7 Å². The summed E-state index contributed by atoms with van der Waals surface area (Å²) in [6.07, 6.45) is 6.09. The molecule has 0 aromatic carbocycles. The van der Waals surface area contributed by atoms with Crippen LogP contribution in [-0.2, 0) is 16.1 Å². The van der Waals surface area contributed by atoms with Crippen molar-refractivity contribution in [1.82, 2.24) is 14.9 Å². The zero-order chi connectivity index (χ0) is 15.2. The summed E-state index contributed by atoms with van der Waals surface area (Å²) in [5.41, 5.74) is -0.960. The molecule has 1 aromatic rings. The van der Waals surface area contributed by atoms with E-state index in [9.17, 15) is 14.7 Å². The number of carbonyl (C=O) groups excluding carboxylic acids is 1. The zero-order valence-electron chi connectivity index (χ0n) is 12.3. The minimum absolute atomic E-state index is 0.0175. The Hall–Kier alpha value is -1.85. The molecule has 1 heterocycles. The highest BCUT2D eigenvalue weighted by molar-refractivity contribution is 5.85. The van der Waals surface area contributed by atoms with Crippen molar-refractivity contribution in [2.24, 2.45) is 5.41 Å². The minimum Gasteiger partial charge on any atom is -0.481 e. The molecule has 0 bridgehead atoms. The number of carbonyl (C=O) groups is 2. The molecule has 0 fully saturated rings. The number of rotatable bonds is 8. The van der Waals surface area contributed by atoms with Crippen molar-refractivity contribution in [3.8, 4) is 0 Å². The van der Waals surface area contributed by atoms with E-state index in [1.165, 1.54) is 0 Å². The molecule has 1 aromatic heterocycles. The van der Waals surface area contributed by atoms with Crippen molar-refractivity contribution in [3.05, 3.63) is 18.7 Å². The predicted octanol–water partition coefficient (Wildman–Crippen LogP) is 1.67. The van der Waals surface area contributed by atoms with Crippen LogP contribution in [0.2, 0.25) is 0 Å². The highest BCUT2D eigenvalue weighted by Gasteiger charge is 2.37. The second kappa shape index (κ2) is 7.07. The minimum atomic E-state index is -0.960. The smallest absolute Gasteiger partial charge is 0.310 e. The van der Waals surface area contributed by atoms with Crippen LogP contribution < -0.4 is 5.32 Å². The van der Waals surface area contributed by atoms with E-state index in [4.69, 9.17) is 0 Å². The van der Waals surface area contributed by atoms with Crippen LogP contribution in [0.25, 0.3) is 0 Å². The second-order valence-corrected chi connectivity index (χ2v) is 5.20. The van der Waals surface area contributed by atoms with Crippen molar-refractivity contribution in [2.45, 2.75) is 52.6 Å². The summed E-state index contributed by atoms with van der Waals surface area (Å²) in [6, 6.07) is -0.0723. The van der Waals surface area contributed by atoms with E-state index in [-0.39, 0.29) is 18.4 Å². The Morgan fingerprint density at radius 2 is 2.05 bits per heavy atom. The summed E-state index contributed by atoms with van der Waals surface area (Å²) in [5.74, 6) is -1.12. The highest BCUT2D eigenvalue weighted by atomic mass is 16.4. The summed E-state index contributed by atoms with van der Waals surface area (Å²) < 4.78 is 1.87. The number of nitrogens with one attached hydrogen (secondary N) is 1. The first kappa shape index (κ1) is 16.2. The first-order chi connectivity index (χ1) is 9.43. The molecule has 0 aliphatic heterocycles. The van der Waals surface area contributed by atoms with E-state index >= 15 is 0 Å². The molecule has 6 nitrogen and oxygen atoms in total. The maximum atomic E-state index is 12.0. The van der Waals surface area contributed by atoms with Gasteiger partial charge in [-0.15, -0.1) is 0 Å². The van der Waals surface area contributed by atoms with Gasteiger partial charge < -0.3 is 15.0 Å². The number of hydrogen-bond donors (Lipinski definition) is 2. The zero-order valence-corrected chi connectivity index (χ0v) is 12.3. The predicted molar refractivity (Wildman–Crippen MR) is 75.1 cm³/mol. The molecule has 1 rings (SSSR count). The van der Waals surface area contributed by atoms with E-state index in [0.717, 1.165) is 0 Å². The summed E-state index contributed by atoms with van der Waals surface area (Å²) >= 11 is 0. The number of imidazole rings is 1. The van der Waals surface area contributed by atoms with Crippen LogP contribution >= 0.6 is 0 Å². The van der Waals surface area contributed by atoms with Gasteiger partial charge >= 0.3 is 5.97 Å². The molecule has 20 heavy (non-hydrogen) atoms. The number of aromatic nitrogens is 2. The van der Waals surface area contributed by atoms with Gasteiger partial charge in [-0.2, -0.15) is 0 Å². The number of hydrogen-bond acceptors (Lipinski definition) is 3. The molecule has 2 N–H and O–H groups in total. The third-order valence-electron chi connectivity index (χ3n) is 3.76. The molecule has 0 aliphatic carbocycles. The van der Waals surface area contributed by atoms with Gasteiger partial charge in [0, 0.05) is 31.4 Å². The van der Waals surface area contributed by atoms with Crippen molar-refractivity contribution in [3.63, 3.8) is 0 Å². The topological polar surface area (TPSA) is 84.2 Å². The first-order valence-electron chi connectivity index (χ1n) is 6.92. The van der Waals surface area contributed by atoms with Gasteiger partial charge in [-0.25, -0.2) is 4.98 Å². The number of aliphatic carboxylic acids is 1.